The van der Waals surface area contributed by atoms with E-state index in [0.29, 0.717) is 30.4 Å². The Hall–Kier alpha value is -4.09. The fraction of sp³-hybridized carbons (Fsp3) is 0.468. The van der Waals surface area contributed by atoms with Crippen LogP contribution in [0, 0.1) is 29.6 Å². The Morgan fingerprint density at radius 2 is 1.60 bits per heavy atom. The van der Waals surface area contributed by atoms with Crippen molar-refractivity contribution < 1.29 is 25.2 Å². The summed E-state index contributed by atoms with van der Waals surface area (Å²) in [6.45, 7) is 0.204. The predicted molar refractivity (Wildman–Crippen MR) is 208 cm³/mol. The van der Waals surface area contributed by atoms with Crippen molar-refractivity contribution in [2.75, 3.05) is 6.61 Å². The molecule has 7 atom stereocenters. The normalized spacial score (nSPS) is 28.6. The Bertz CT molecular complexity index is 1890. The highest BCUT2D eigenvalue weighted by Crippen LogP contribution is 2.53. The lowest BCUT2D eigenvalue weighted by Gasteiger charge is -2.48. The summed E-state index contributed by atoms with van der Waals surface area (Å²) in [5.74, 6) is 0.655. The number of aliphatic hydroxyl groups is 2. The van der Waals surface area contributed by atoms with Crippen molar-refractivity contribution in [1.82, 2.24) is 0 Å². The standard InChI is InChI=1S/C47H56O5/c48-31-34-19-18-32(26-34)10-3-1-2-4-12-35-13-6-8-17-44(46(51)52)47(25-24-38-29-37-14-5-7-16-41(37)45(50)43(38)30-47)39-15-9-11-33(27-39)28-42(35)36-20-22-40(49)23-21-36/h5-9,11,14-16,20-23,26-27,29,32,35,38,42-44,48-50H,1-4,10,12-13,17-19,24-25,28,30-31H2,(H,51,52). The molecule has 52 heavy (non-hydrogen) atoms. The summed E-state index contributed by atoms with van der Waals surface area (Å²) >= 11 is 0. The fourth-order valence-corrected chi connectivity index (χ4v) is 10.3. The van der Waals surface area contributed by atoms with Crippen molar-refractivity contribution >= 4 is 17.8 Å². The molecule has 0 radical (unpaired) electrons. The van der Waals surface area contributed by atoms with E-state index in [4.69, 9.17) is 0 Å². The van der Waals surface area contributed by atoms with Gasteiger partial charge in [-0.2, -0.15) is 0 Å². The van der Waals surface area contributed by atoms with E-state index in [2.05, 4.69) is 66.8 Å². The smallest absolute Gasteiger partial charge is 0.307 e. The second-order valence-corrected chi connectivity index (χ2v) is 16.3. The molecule has 0 aliphatic heterocycles. The van der Waals surface area contributed by atoms with Gasteiger partial charge in [0.2, 0.25) is 0 Å². The van der Waals surface area contributed by atoms with Crippen molar-refractivity contribution in [3.05, 3.63) is 124 Å². The molecule has 0 amide bonds. The van der Waals surface area contributed by atoms with Gasteiger partial charge in [0.15, 0.2) is 0 Å². The van der Waals surface area contributed by atoms with Crippen LogP contribution in [0.15, 0.2) is 96.6 Å². The molecule has 1 spiro atoms. The fourth-order valence-electron chi connectivity index (χ4n) is 10.3. The van der Waals surface area contributed by atoms with E-state index in [0.717, 1.165) is 60.9 Å². The van der Waals surface area contributed by atoms with Crippen LogP contribution >= 0.6 is 0 Å². The zero-order valence-corrected chi connectivity index (χ0v) is 30.5. The number of benzene rings is 3. The number of carboxylic acids is 1. The van der Waals surface area contributed by atoms with Gasteiger partial charge in [-0.3, -0.25) is 4.79 Å². The Balaban J connectivity index is 1.16. The summed E-state index contributed by atoms with van der Waals surface area (Å²) in [6, 6.07) is 24.6. The molecule has 7 rings (SSSR count). The topological polar surface area (TPSA) is 98.0 Å². The number of phenols is 1. The maximum atomic E-state index is 13.3. The summed E-state index contributed by atoms with van der Waals surface area (Å²) in [4.78, 5) is 13.3. The molecule has 0 saturated heterocycles. The second kappa shape index (κ2) is 16.3. The molecule has 3 aromatic rings. The minimum atomic E-state index is -0.760. The van der Waals surface area contributed by atoms with Crippen LogP contribution in [0.1, 0.15) is 106 Å². The SMILES string of the molecule is O=C(O)C1CC=CCC(CCCCCCC2C=C(CO)CC2)C(c2ccc(O)cc2)Cc2cccc(c2)C12CCC1C=c3ccccc3=C(O)C1C2. The average Bonchev–Trinajstić information content (AvgIpc) is 3.63. The molecular formula is C47H56O5. The molecule has 3 aromatic carbocycles. The predicted octanol–water partition coefficient (Wildman–Crippen LogP) is 8.87. The van der Waals surface area contributed by atoms with Gasteiger partial charge in [-0.15, -0.1) is 0 Å². The minimum Gasteiger partial charge on any atom is -0.511 e. The van der Waals surface area contributed by atoms with Crippen molar-refractivity contribution in [2.45, 2.75) is 101 Å². The Morgan fingerprint density at radius 1 is 0.808 bits per heavy atom. The van der Waals surface area contributed by atoms with Gasteiger partial charge in [-0.1, -0.05) is 111 Å². The lowest BCUT2D eigenvalue weighted by molar-refractivity contribution is -0.145. The molecule has 5 nitrogen and oxygen atoms in total. The van der Waals surface area contributed by atoms with E-state index in [1.807, 2.05) is 30.3 Å². The van der Waals surface area contributed by atoms with Crippen LogP contribution < -0.4 is 10.4 Å². The van der Waals surface area contributed by atoms with Gasteiger partial charge < -0.3 is 20.4 Å². The van der Waals surface area contributed by atoms with Gasteiger partial charge >= 0.3 is 5.97 Å². The first kappa shape index (κ1) is 36.3. The van der Waals surface area contributed by atoms with Crippen LogP contribution in [0.3, 0.4) is 0 Å². The van der Waals surface area contributed by atoms with Gasteiger partial charge in [0.25, 0.3) is 0 Å². The van der Waals surface area contributed by atoms with Crippen molar-refractivity contribution in [3.63, 3.8) is 0 Å². The van der Waals surface area contributed by atoms with Crippen LogP contribution in [-0.2, 0) is 16.6 Å². The molecule has 1 saturated carbocycles. The number of carboxylic acid groups (broad SMARTS) is 1. The molecule has 274 valence electrons. The van der Waals surface area contributed by atoms with Crippen LogP contribution in [0.4, 0.5) is 0 Å². The van der Waals surface area contributed by atoms with Crippen LogP contribution in [0.5, 0.6) is 5.75 Å². The average molecular weight is 701 g/mol. The number of aromatic hydroxyl groups is 1. The van der Waals surface area contributed by atoms with E-state index in [-0.39, 0.29) is 30.1 Å². The summed E-state index contributed by atoms with van der Waals surface area (Å²) < 4.78 is 0. The lowest BCUT2D eigenvalue weighted by Crippen LogP contribution is -2.48. The number of fused-ring (bicyclic) bond motifs is 5. The summed E-state index contributed by atoms with van der Waals surface area (Å²) in [5, 5.41) is 44.2. The van der Waals surface area contributed by atoms with Crippen LogP contribution in [0.2, 0.25) is 0 Å². The highest BCUT2D eigenvalue weighted by atomic mass is 16.4. The molecule has 0 aromatic heterocycles. The third-order valence-electron chi connectivity index (χ3n) is 13.2. The summed E-state index contributed by atoms with van der Waals surface area (Å²) in [5.41, 5.74) is 4.13. The zero-order chi connectivity index (χ0) is 36.1. The van der Waals surface area contributed by atoms with Gasteiger partial charge in [-0.25, -0.2) is 0 Å². The van der Waals surface area contributed by atoms with E-state index in [1.54, 1.807) is 0 Å². The quantitative estimate of drug-likeness (QED) is 0.125. The van der Waals surface area contributed by atoms with E-state index in [9.17, 15) is 25.2 Å². The number of aliphatic hydroxyl groups excluding tert-OH is 2. The molecule has 4 aliphatic carbocycles. The highest BCUT2D eigenvalue weighted by Gasteiger charge is 2.50. The molecule has 0 heterocycles. The molecule has 7 unspecified atom stereocenters. The highest BCUT2D eigenvalue weighted by molar-refractivity contribution is 5.73. The Labute approximate surface area is 309 Å². The third kappa shape index (κ3) is 7.81. The van der Waals surface area contributed by atoms with E-state index < -0.39 is 17.3 Å². The zero-order valence-electron chi connectivity index (χ0n) is 30.5. The first-order valence-corrected chi connectivity index (χ1v) is 19.9. The van der Waals surface area contributed by atoms with Gasteiger partial charge in [-0.05, 0) is 127 Å². The number of allylic oxidation sites excluding steroid dienone is 3. The number of carbonyl (C=O) groups is 1. The molecule has 1 fully saturated rings. The van der Waals surface area contributed by atoms with E-state index in [1.165, 1.54) is 48.8 Å². The number of rotatable bonds is 10. The number of hydrogen-bond acceptors (Lipinski definition) is 4. The third-order valence-corrected chi connectivity index (χ3v) is 13.2. The van der Waals surface area contributed by atoms with Crippen LogP contribution in [0.25, 0.3) is 11.8 Å². The second-order valence-electron chi connectivity index (χ2n) is 16.3. The first-order valence-electron chi connectivity index (χ1n) is 19.9. The Kier molecular flexibility index (Phi) is 11.4. The van der Waals surface area contributed by atoms with Gasteiger partial charge in [0, 0.05) is 16.6 Å². The number of hydrogen-bond donors (Lipinski definition) is 4. The van der Waals surface area contributed by atoms with E-state index >= 15 is 0 Å². The van der Waals surface area contributed by atoms with Crippen LogP contribution in [-0.4, -0.2) is 33.0 Å². The summed E-state index contributed by atoms with van der Waals surface area (Å²) in [6.07, 6.45) is 22.7. The lowest BCUT2D eigenvalue weighted by atomic mass is 9.55. The van der Waals surface area contributed by atoms with Crippen molar-refractivity contribution in [3.8, 4) is 5.75 Å². The first-order chi connectivity index (χ1) is 25.3. The summed E-state index contributed by atoms with van der Waals surface area (Å²) in [7, 11) is 0. The monoisotopic (exact) mass is 700 g/mol. The van der Waals surface area contributed by atoms with Gasteiger partial charge in [0.05, 0.1) is 12.5 Å². The maximum absolute atomic E-state index is 13.3. The largest absolute Gasteiger partial charge is 0.511 e. The van der Waals surface area contributed by atoms with Crippen molar-refractivity contribution in [1.29, 1.82) is 0 Å². The Morgan fingerprint density at radius 3 is 2.38 bits per heavy atom. The number of aliphatic carboxylic acids is 1. The van der Waals surface area contributed by atoms with Crippen molar-refractivity contribution in [2.24, 2.45) is 29.6 Å². The molecule has 4 N–H and O–H groups in total. The minimum absolute atomic E-state index is 0.118. The number of phenolic OH excluding ortho intramolecular Hbond substituents is 1. The molecule has 5 heteroatoms. The maximum Gasteiger partial charge on any atom is 0.307 e. The molecule has 4 aliphatic rings. The molecule has 2 bridgehead atoms. The number of unbranched alkanes of at least 4 members (excludes halogenated alkanes) is 3. The van der Waals surface area contributed by atoms with Gasteiger partial charge in [0.1, 0.15) is 11.5 Å². The molecular weight excluding hydrogens is 645 g/mol.